The lowest BCUT2D eigenvalue weighted by atomic mass is 9.92. The first-order valence-corrected chi connectivity index (χ1v) is 15.5. The average molecular weight is 727 g/mol. The number of fused-ring (bicyclic) bond motifs is 1. The van der Waals surface area contributed by atoms with Crippen LogP contribution in [-0.2, 0) is 9.47 Å². The summed E-state index contributed by atoms with van der Waals surface area (Å²) in [6, 6.07) is 3.68. The standard InChI is InChI=1S/C16H22N2O5.C12H10BrNO3.C3H5ClO2/c1-9-10(2)13(17(3)4)12(16(21)22)14(11(9)15(19)20)18-5-7-23-8-6-18;13-9-4-10-7(3-11(9)15)8(12(16)17)5-14(10)6-1-2-6;1-2-6-3(4)5/h5-8H2,1-4H3,(H,19,20)(H,21,22);3-6,15H,1-2H2,(H,16,17);2H2,1H3. The summed E-state index contributed by atoms with van der Waals surface area (Å²) in [5.41, 5.74) is 2.54. The zero-order valence-electron chi connectivity index (χ0n) is 26.1. The van der Waals surface area contributed by atoms with Crippen LogP contribution in [0.25, 0.3) is 10.9 Å². The Morgan fingerprint density at radius 2 is 1.59 bits per heavy atom. The number of carboxylic acids is 3. The van der Waals surface area contributed by atoms with Crippen LogP contribution in [-0.4, -0.2) is 95.3 Å². The molecule has 1 aliphatic carbocycles. The molecule has 15 heteroatoms. The number of aromatic nitrogens is 1. The SMILES string of the molecule is CCOC(=O)Cl.Cc1c(C)c(N(C)C)c(C(=O)O)c(N2CCOCC2)c1C(=O)O.O=C(O)c1cn(C2CC2)c2cc(Br)c(O)cc12. The van der Waals surface area contributed by atoms with Gasteiger partial charge in [-0.15, -0.1) is 0 Å². The fourth-order valence-corrected chi connectivity index (χ4v) is 5.73. The molecule has 4 N–H and O–H groups in total. The van der Waals surface area contributed by atoms with Crippen molar-refractivity contribution in [2.24, 2.45) is 0 Å². The Kier molecular flexibility index (Phi) is 12.3. The van der Waals surface area contributed by atoms with Crippen molar-refractivity contribution in [1.29, 1.82) is 0 Å². The van der Waals surface area contributed by atoms with E-state index in [0.29, 0.717) is 65.6 Å². The molecule has 2 fully saturated rings. The van der Waals surface area contributed by atoms with Crippen molar-refractivity contribution < 1.29 is 49.1 Å². The van der Waals surface area contributed by atoms with Gasteiger partial charge in [-0.2, -0.15) is 0 Å². The van der Waals surface area contributed by atoms with E-state index in [-0.39, 0.29) is 28.1 Å². The number of ether oxygens (including phenoxy) is 2. The number of benzene rings is 2. The number of phenols is 1. The summed E-state index contributed by atoms with van der Waals surface area (Å²) < 4.78 is 12.0. The van der Waals surface area contributed by atoms with Crippen molar-refractivity contribution in [3.05, 3.63) is 50.6 Å². The van der Waals surface area contributed by atoms with Crippen molar-refractivity contribution in [3.63, 3.8) is 0 Å². The smallest absolute Gasteiger partial charge is 0.403 e. The number of carbonyl (C=O) groups is 4. The fourth-order valence-electron chi connectivity index (χ4n) is 5.29. The third-order valence-corrected chi connectivity index (χ3v) is 8.28. The molecule has 0 atom stereocenters. The topological polar surface area (TPSA) is 179 Å². The Bertz CT molecular complexity index is 1650. The molecule has 0 spiro atoms. The molecule has 0 unspecified atom stereocenters. The van der Waals surface area contributed by atoms with Crippen molar-refractivity contribution >= 4 is 73.1 Å². The molecule has 2 aromatic carbocycles. The minimum absolute atomic E-state index is 0.0393. The maximum absolute atomic E-state index is 12.0. The van der Waals surface area contributed by atoms with Crippen molar-refractivity contribution in [2.45, 2.75) is 39.7 Å². The summed E-state index contributed by atoms with van der Waals surface area (Å²) >= 11 is 7.97. The average Bonchev–Trinajstić information content (AvgIpc) is 3.76. The number of halogens is 2. The van der Waals surface area contributed by atoms with E-state index in [2.05, 4.69) is 20.7 Å². The number of nitrogens with zero attached hydrogens (tertiary/aromatic N) is 3. The largest absolute Gasteiger partial charge is 0.507 e. The van der Waals surface area contributed by atoms with E-state index >= 15 is 0 Å². The summed E-state index contributed by atoms with van der Waals surface area (Å²) in [7, 11) is 3.52. The number of phenolic OH excluding ortho intramolecular Hbond substituents is 1. The van der Waals surface area contributed by atoms with Gasteiger partial charge in [-0.1, -0.05) is 0 Å². The van der Waals surface area contributed by atoms with Gasteiger partial charge in [-0.05, 0) is 72.8 Å². The van der Waals surface area contributed by atoms with Crippen LogP contribution in [0.5, 0.6) is 5.75 Å². The van der Waals surface area contributed by atoms with Gasteiger partial charge in [-0.3, -0.25) is 0 Å². The van der Waals surface area contributed by atoms with Gasteiger partial charge in [0, 0.05) is 56.4 Å². The lowest BCUT2D eigenvalue weighted by Crippen LogP contribution is -2.39. The van der Waals surface area contributed by atoms with Crippen molar-refractivity contribution in [1.82, 2.24) is 4.57 Å². The molecule has 1 saturated heterocycles. The normalized spacial score (nSPS) is 14.0. The molecule has 3 aromatic rings. The van der Waals surface area contributed by atoms with Crippen LogP contribution in [0.4, 0.5) is 16.2 Å². The summed E-state index contributed by atoms with van der Waals surface area (Å²) in [6.07, 6.45) is 3.83. The molecule has 1 aliphatic heterocycles. The van der Waals surface area contributed by atoms with E-state index in [9.17, 15) is 34.5 Å². The maximum Gasteiger partial charge on any atom is 0.403 e. The number of aromatic hydroxyl groups is 1. The predicted octanol–water partition coefficient (Wildman–Crippen LogP) is 6.13. The van der Waals surface area contributed by atoms with Crippen LogP contribution < -0.4 is 9.80 Å². The minimum atomic E-state index is -1.12. The summed E-state index contributed by atoms with van der Waals surface area (Å²) in [4.78, 5) is 48.1. The Morgan fingerprint density at radius 3 is 2.02 bits per heavy atom. The fraction of sp³-hybridized carbons (Fsp3) is 0.419. The first-order valence-electron chi connectivity index (χ1n) is 14.3. The highest BCUT2D eigenvalue weighted by molar-refractivity contribution is 9.10. The molecule has 5 rings (SSSR count). The molecule has 2 aliphatic rings. The predicted molar refractivity (Wildman–Crippen MR) is 177 cm³/mol. The van der Waals surface area contributed by atoms with Crippen LogP contribution in [0.1, 0.15) is 68.0 Å². The van der Waals surface area contributed by atoms with Crippen molar-refractivity contribution in [2.75, 3.05) is 56.8 Å². The highest BCUT2D eigenvalue weighted by Gasteiger charge is 2.32. The van der Waals surface area contributed by atoms with Gasteiger partial charge in [0.25, 0.3) is 0 Å². The molecule has 0 radical (unpaired) electrons. The van der Waals surface area contributed by atoms with E-state index in [1.54, 1.807) is 56.9 Å². The highest BCUT2D eigenvalue weighted by atomic mass is 79.9. The zero-order chi connectivity index (χ0) is 34.5. The number of rotatable bonds is 7. The number of hydrogen-bond donors (Lipinski definition) is 4. The Labute approximate surface area is 279 Å². The number of carbonyl (C=O) groups excluding carboxylic acids is 1. The lowest BCUT2D eigenvalue weighted by Gasteiger charge is -2.34. The monoisotopic (exact) mass is 725 g/mol. The van der Waals surface area contributed by atoms with Gasteiger partial charge < -0.3 is 44.3 Å². The van der Waals surface area contributed by atoms with Crippen LogP contribution in [0.15, 0.2) is 22.8 Å². The minimum Gasteiger partial charge on any atom is -0.507 e. The third kappa shape index (κ3) is 8.22. The second-order valence-electron chi connectivity index (χ2n) is 10.8. The Hall–Kier alpha value is -4.01. The third-order valence-electron chi connectivity index (χ3n) is 7.54. The molecule has 46 heavy (non-hydrogen) atoms. The second-order valence-corrected chi connectivity index (χ2v) is 11.9. The summed E-state index contributed by atoms with van der Waals surface area (Å²) in [5.74, 6) is -3.13. The van der Waals surface area contributed by atoms with Crippen molar-refractivity contribution in [3.8, 4) is 5.75 Å². The Morgan fingerprint density at radius 1 is 1.00 bits per heavy atom. The molecule has 1 aromatic heterocycles. The number of hydrogen-bond acceptors (Lipinski definition) is 9. The molecule has 250 valence electrons. The first kappa shape index (κ1) is 36.5. The molecule has 1 saturated carbocycles. The van der Waals surface area contributed by atoms with Gasteiger partial charge in [0.1, 0.15) is 11.3 Å². The second kappa shape index (κ2) is 15.5. The summed E-state index contributed by atoms with van der Waals surface area (Å²) in [5, 5.41) is 38.8. The van der Waals surface area contributed by atoms with Gasteiger partial charge in [-0.25, -0.2) is 19.2 Å². The molecular weight excluding hydrogens is 690 g/mol. The van der Waals surface area contributed by atoms with Crippen LogP contribution >= 0.6 is 27.5 Å². The van der Waals surface area contributed by atoms with Gasteiger partial charge in [0.15, 0.2) is 0 Å². The van der Waals surface area contributed by atoms with Crippen LogP contribution in [0, 0.1) is 13.8 Å². The van der Waals surface area contributed by atoms with E-state index < -0.39 is 23.3 Å². The van der Waals surface area contributed by atoms with Gasteiger partial charge >= 0.3 is 23.3 Å². The van der Waals surface area contributed by atoms with Crippen LogP contribution in [0.3, 0.4) is 0 Å². The molecule has 0 amide bonds. The number of morpholine rings is 1. The molecule has 2 heterocycles. The van der Waals surface area contributed by atoms with E-state index in [1.807, 2.05) is 4.57 Å². The zero-order valence-corrected chi connectivity index (χ0v) is 28.4. The molecular formula is C31H37BrClN3O10. The lowest BCUT2D eigenvalue weighted by molar-refractivity contribution is 0.0682. The van der Waals surface area contributed by atoms with E-state index in [4.69, 9.17) is 21.4 Å². The van der Waals surface area contributed by atoms with E-state index in [1.165, 1.54) is 6.07 Å². The number of aromatic carboxylic acids is 3. The number of anilines is 2. The highest BCUT2D eigenvalue weighted by Crippen LogP contribution is 2.42. The van der Waals surface area contributed by atoms with Gasteiger partial charge in [0.2, 0.25) is 0 Å². The Balaban J connectivity index is 0.000000219. The van der Waals surface area contributed by atoms with E-state index in [0.717, 1.165) is 18.4 Å². The first-order chi connectivity index (χ1) is 21.6. The molecule has 13 nitrogen and oxygen atoms in total. The maximum atomic E-state index is 12.0. The quantitative estimate of drug-likeness (QED) is 0.205. The number of carboxylic acid groups (broad SMARTS) is 3. The van der Waals surface area contributed by atoms with Crippen LogP contribution in [0.2, 0.25) is 0 Å². The summed E-state index contributed by atoms with van der Waals surface area (Å²) in [6.45, 7) is 7.35. The van der Waals surface area contributed by atoms with Gasteiger partial charge in [0.05, 0.1) is 52.3 Å². The molecule has 0 bridgehead atoms.